The molecule has 2 aromatic rings. The van der Waals surface area contributed by atoms with E-state index in [2.05, 4.69) is 5.32 Å². The lowest BCUT2D eigenvalue weighted by molar-refractivity contribution is -0.125. The first-order chi connectivity index (χ1) is 13.8. The fourth-order valence-electron chi connectivity index (χ4n) is 3.17. The molecule has 1 aliphatic heterocycles. The van der Waals surface area contributed by atoms with E-state index in [1.54, 1.807) is 29.2 Å². The Morgan fingerprint density at radius 3 is 2.28 bits per heavy atom. The Bertz CT molecular complexity index is 867. The van der Waals surface area contributed by atoms with Gasteiger partial charge >= 0.3 is 0 Å². The zero-order valence-electron chi connectivity index (χ0n) is 17.2. The van der Waals surface area contributed by atoms with Crippen molar-refractivity contribution < 1.29 is 14.0 Å². The molecule has 1 heterocycles. The number of benzene rings is 2. The summed E-state index contributed by atoms with van der Waals surface area (Å²) in [6.07, 6.45) is 0. The molecule has 0 spiro atoms. The van der Waals surface area contributed by atoms with Crippen molar-refractivity contribution in [2.45, 2.75) is 45.2 Å². The quantitative estimate of drug-likeness (QED) is 0.781. The van der Waals surface area contributed by atoms with Gasteiger partial charge in [0.25, 0.3) is 5.91 Å². The van der Waals surface area contributed by atoms with Crippen LogP contribution in [0.4, 0.5) is 4.39 Å². The number of carbonyl (C=O) groups is 2. The van der Waals surface area contributed by atoms with Crippen molar-refractivity contribution in [1.82, 2.24) is 10.2 Å². The third kappa shape index (κ3) is 4.81. The van der Waals surface area contributed by atoms with Crippen molar-refractivity contribution >= 4 is 23.6 Å². The van der Waals surface area contributed by atoms with Gasteiger partial charge in [0, 0.05) is 17.4 Å². The number of nitrogens with zero attached hydrogens (tertiary/aromatic N) is 1. The van der Waals surface area contributed by atoms with Gasteiger partial charge in [-0.25, -0.2) is 4.39 Å². The van der Waals surface area contributed by atoms with Crippen LogP contribution in [0.5, 0.6) is 0 Å². The molecule has 154 valence electrons. The van der Waals surface area contributed by atoms with Crippen molar-refractivity contribution in [2.24, 2.45) is 5.92 Å². The fraction of sp³-hybridized carbons (Fsp3) is 0.391. The van der Waals surface area contributed by atoms with Gasteiger partial charge in [0.15, 0.2) is 0 Å². The summed E-state index contributed by atoms with van der Waals surface area (Å²) in [5, 5.41) is 2.70. The van der Waals surface area contributed by atoms with E-state index in [-0.39, 0.29) is 29.0 Å². The molecule has 6 heteroatoms. The molecule has 0 bridgehead atoms. The minimum Gasteiger partial charge on any atom is -0.352 e. The lowest BCUT2D eigenvalue weighted by Gasteiger charge is -2.30. The van der Waals surface area contributed by atoms with Crippen LogP contribution in [0, 0.1) is 18.7 Å². The van der Waals surface area contributed by atoms with Crippen LogP contribution in [0.2, 0.25) is 0 Å². The van der Waals surface area contributed by atoms with Gasteiger partial charge in [-0.3, -0.25) is 9.59 Å². The second-order valence-electron chi connectivity index (χ2n) is 7.87. The maximum atomic E-state index is 13.4. The Kier molecular flexibility index (Phi) is 6.63. The number of amides is 2. The molecule has 0 aliphatic carbocycles. The lowest BCUT2D eigenvalue weighted by Crippen LogP contribution is -2.50. The number of hydrogen-bond donors (Lipinski definition) is 1. The second-order valence-corrected chi connectivity index (χ2v) is 8.99. The molecule has 2 amide bonds. The van der Waals surface area contributed by atoms with Crippen LogP contribution >= 0.6 is 11.8 Å². The van der Waals surface area contributed by atoms with E-state index in [0.717, 1.165) is 11.1 Å². The third-order valence-electron chi connectivity index (χ3n) is 5.36. The highest BCUT2D eigenvalue weighted by Gasteiger charge is 2.42. The van der Waals surface area contributed by atoms with Crippen LogP contribution in [0.25, 0.3) is 0 Å². The zero-order valence-corrected chi connectivity index (χ0v) is 18.0. The predicted molar refractivity (Wildman–Crippen MR) is 115 cm³/mol. The number of halogens is 1. The summed E-state index contributed by atoms with van der Waals surface area (Å²) in [7, 11) is 0. The SMILES string of the molecule is Cc1ccc(C(=O)N2C(C(=O)NC(C)C(C)C)CSC2c2ccc(F)cc2)cc1. The van der Waals surface area contributed by atoms with Crippen LogP contribution in [0.1, 0.15) is 47.6 Å². The van der Waals surface area contributed by atoms with Gasteiger partial charge in [0.1, 0.15) is 17.2 Å². The summed E-state index contributed by atoms with van der Waals surface area (Å²) in [5.74, 6) is 0.122. The van der Waals surface area contributed by atoms with Gasteiger partial charge in [-0.1, -0.05) is 43.7 Å². The van der Waals surface area contributed by atoms with Gasteiger partial charge in [-0.2, -0.15) is 0 Å². The summed E-state index contributed by atoms with van der Waals surface area (Å²) >= 11 is 1.53. The summed E-state index contributed by atoms with van der Waals surface area (Å²) in [6, 6.07) is 12.9. The van der Waals surface area contributed by atoms with Crippen LogP contribution in [0.3, 0.4) is 0 Å². The molecule has 1 aliphatic rings. The molecular formula is C23H27FN2O2S. The van der Waals surface area contributed by atoms with Gasteiger partial charge < -0.3 is 10.2 Å². The fourth-order valence-corrected chi connectivity index (χ4v) is 4.60. The highest BCUT2D eigenvalue weighted by molar-refractivity contribution is 7.99. The van der Waals surface area contributed by atoms with E-state index in [1.165, 1.54) is 23.9 Å². The van der Waals surface area contributed by atoms with Crippen LogP contribution < -0.4 is 5.32 Å². The molecule has 1 saturated heterocycles. The molecule has 3 unspecified atom stereocenters. The molecular weight excluding hydrogens is 387 g/mol. The van der Waals surface area contributed by atoms with Crippen LogP contribution in [-0.4, -0.2) is 34.6 Å². The summed E-state index contributed by atoms with van der Waals surface area (Å²) in [5.41, 5.74) is 2.41. The molecule has 1 N–H and O–H groups in total. The first-order valence-electron chi connectivity index (χ1n) is 9.84. The molecule has 0 aromatic heterocycles. The number of aryl methyl sites for hydroxylation is 1. The Morgan fingerprint density at radius 1 is 1.07 bits per heavy atom. The van der Waals surface area contributed by atoms with Crippen molar-refractivity contribution in [2.75, 3.05) is 5.75 Å². The van der Waals surface area contributed by atoms with E-state index in [0.29, 0.717) is 17.2 Å². The van der Waals surface area contributed by atoms with Gasteiger partial charge in [0.05, 0.1) is 0 Å². The molecule has 0 radical (unpaired) electrons. The number of thioether (sulfide) groups is 1. The Morgan fingerprint density at radius 2 is 1.69 bits per heavy atom. The van der Waals surface area contributed by atoms with Crippen molar-refractivity contribution in [3.05, 3.63) is 71.0 Å². The number of hydrogen-bond acceptors (Lipinski definition) is 3. The topological polar surface area (TPSA) is 49.4 Å². The maximum Gasteiger partial charge on any atom is 0.255 e. The first-order valence-corrected chi connectivity index (χ1v) is 10.9. The predicted octanol–water partition coefficient (Wildman–Crippen LogP) is 4.55. The van der Waals surface area contributed by atoms with E-state index >= 15 is 0 Å². The minimum atomic E-state index is -0.579. The third-order valence-corrected chi connectivity index (χ3v) is 6.68. The number of rotatable bonds is 5. The van der Waals surface area contributed by atoms with Crippen molar-refractivity contribution in [3.8, 4) is 0 Å². The van der Waals surface area contributed by atoms with Gasteiger partial charge in [-0.05, 0) is 49.6 Å². The lowest BCUT2D eigenvalue weighted by atomic mass is 10.1. The smallest absolute Gasteiger partial charge is 0.255 e. The zero-order chi connectivity index (χ0) is 21.1. The highest BCUT2D eigenvalue weighted by atomic mass is 32.2. The molecule has 0 saturated carbocycles. The van der Waals surface area contributed by atoms with Crippen LogP contribution in [-0.2, 0) is 4.79 Å². The van der Waals surface area contributed by atoms with Gasteiger partial charge in [0.2, 0.25) is 5.91 Å². The Labute approximate surface area is 175 Å². The van der Waals surface area contributed by atoms with E-state index in [4.69, 9.17) is 0 Å². The highest BCUT2D eigenvalue weighted by Crippen LogP contribution is 2.42. The van der Waals surface area contributed by atoms with Crippen molar-refractivity contribution in [1.29, 1.82) is 0 Å². The van der Waals surface area contributed by atoms with Crippen molar-refractivity contribution in [3.63, 3.8) is 0 Å². The minimum absolute atomic E-state index is 0.00805. The summed E-state index contributed by atoms with van der Waals surface area (Å²) in [4.78, 5) is 28.1. The Balaban J connectivity index is 1.93. The average Bonchev–Trinajstić information content (AvgIpc) is 3.13. The standard InChI is InChI=1S/C23H27FN2O2S/c1-14(2)16(4)25-21(27)20-13-29-23(18-9-11-19(24)12-10-18)26(20)22(28)17-7-5-15(3)6-8-17/h5-12,14,16,20,23H,13H2,1-4H3,(H,25,27). The maximum absolute atomic E-state index is 13.4. The molecule has 29 heavy (non-hydrogen) atoms. The first kappa shape index (κ1) is 21.4. The number of carbonyl (C=O) groups excluding carboxylic acids is 2. The second kappa shape index (κ2) is 8.99. The molecule has 2 aromatic carbocycles. The normalized spacial score (nSPS) is 20.0. The van der Waals surface area contributed by atoms with Crippen LogP contribution in [0.15, 0.2) is 48.5 Å². The molecule has 4 nitrogen and oxygen atoms in total. The largest absolute Gasteiger partial charge is 0.352 e. The van der Waals surface area contributed by atoms with Gasteiger partial charge in [-0.15, -0.1) is 11.8 Å². The van der Waals surface area contributed by atoms with E-state index < -0.39 is 6.04 Å². The summed E-state index contributed by atoms with van der Waals surface area (Å²) < 4.78 is 13.4. The monoisotopic (exact) mass is 414 g/mol. The Hall–Kier alpha value is -2.34. The molecule has 1 fully saturated rings. The summed E-state index contributed by atoms with van der Waals surface area (Å²) in [6.45, 7) is 8.02. The molecule has 3 rings (SSSR count). The average molecular weight is 415 g/mol. The molecule has 3 atom stereocenters. The van der Waals surface area contributed by atoms with E-state index in [1.807, 2.05) is 39.8 Å². The van der Waals surface area contributed by atoms with E-state index in [9.17, 15) is 14.0 Å². The number of nitrogens with one attached hydrogen (secondary N) is 1.